The van der Waals surface area contributed by atoms with E-state index in [1.165, 1.54) is 121 Å². The minimum Gasteiger partial charge on any atom is -0.378 e. The van der Waals surface area contributed by atoms with Crippen LogP contribution in [0.2, 0.25) is 0 Å². The molecule has 184 valence electrons. The van der Waals surface area contributed by atoms with Crippen LogP contribution in [0.1, 0.15) is 140 Å². The van der Waals surface area contributed by atoms with Crippen molar-refractivity contribution in [1.29, 1.82) is 5.26 Å². The fourth-order valence-electron chi connectivity index (χ4n) is 6.21. The number of rotatable bonds is 14. The third kappa shape index (κ3) is 9.82. The molecule has 0 spiro atoms. The second-order valence-electron chi connectivity index (χ2n) is 11.0. The van der Waals surface area contributed by atoms with Gasteiger partial charge in [0.25, 0.3) is 0 Å². The highest BCUT2D eigenvalue weighted by atomic mass is 16.5. The van der Waals surface area contributed by atoms with E-state index in [1.54, 1.807) is 0 Å². The van der Waals surface area contributed by atoms with Crippen molar-refractivity contribution >= 4 is 0 Å². The summed E-state index contributed by atoms with van der Waals surface area (Å²) in [6.45, 7) is 3.26. The molecule has 0 aromatic heterocycles. The lowest BCUT2D eigenvalue weighted by molar-refractivity contribution is 0.0204. The van der Waals surface area contributed by atoms with Crippen molar-refractivity contribution in [2.45, 2.75) is 135 Å². The fraction of sp³-hybridized carbons (Fsp3) is 0.774. The van der Waals surface area contributed by atoms with E-state index in [9.17, 15) is 0 Å². The summed E-state index contributed by atoms with van der Waals surface area (Å²) in [5.41, 5.74) is 2.16. The lowest BCUT2D eigenvalue weighted by atomic mass is 9.78. The van der Waals surface area contributed by atoms with Crippen molar-refractivity contribution in [3.63, 3.8) is 0 Å². The standard InChI is InChI=1S/C31H49NO/c1-2-3-4-5-6-7-8-10-26-12-14-27(15-13-26)11-9-24-33-31-22-20-30(21-23-31)29-18-16-28(25-32)17-19-29/h16-19,26-27,30-31H,2-15,20-24H2,1H3. The number of hydrogen-bond acceptors (Lipinski definition) is 2. The Labute approximate surface area is 204 Å². The van der Waals surface area contributed by atoms with Gasteiger partial charge in [-0.15, -0.1) is 0 Å². The van der Waals surface area contributed by atoms with Crippen molar-refractivity contribution in [2.75, 3.05) is 6.61 Å². The molecular formula is C31H49NO. The predicted octanol–water partition coefficient (Wildman–Crippen LogP) is 9.33. The molecule has 0 radical (unpaired) electrons. The van der Waals surface area contributed by atoms with Gasteiger partial charge in [0.2, 0.25) is 0 Å². The summed E-state index contributed by atoms with van der Waals surface area (Å²) in [4.78, 5) is 0. The van der Waals surface area contributed by atoms with Crippen LogP contribution in [0.15, 0.2) is 24.3 Å². The lowest BCUT2D eigenvalue weighted by Gasteiger charge is -2.30. The largest absolute Gasteiger partial charge is 0.378 e. The molecule has 1 aromatic rings. The molecule has 2 aliphatic rings. The molecule has 0 amide bonds. The number of unbranched alkanes of at least 4 members (excludes halogenated alkanes) is 6. The molecular weight excluding hydrogens is 402 g/mol. The summed E-state index contributed by atoms with van der Waals surface area (Å²) >= 11 is 0. The molecule has 2 saturated carbocycles. The van der Waals surface area contributed by atoms with Gasteiger partial charge in [0.15, 0.2) is 0 Å². The van der Waals surface area contributed by atoms with Gasteiger partial charge in [0.05, 0.1) is 17.7 Å². The molecule has 2 nitrogen and oxygen atoms in total. The molecule has 0 N–H and O–H groups in total. The summed E-state index contributed by atoms with van der Waals surface area (Å²) in [5.74, 6) is 2.64. The topological polar surface area (TPSA) is 33.0 Å². The first-order chi connectivity index (χ1) is 16.3. The van der Waals surface area contributed by atoms with Crippen molar-refractivity contribution < 1.29 is 4.74 Å². The molecule has 1 aromatic carbocycles. The van der Waals surface area contributed by atoms with Gasteiger partial charge in [-0.3, -0.25) is 0 Å². The first kappa shape index (κ1) is 26.3. The van der Waals surface area contributed by atoms with Gasteiger partial charge in [0, 0.05) is 6.61 Å². The van der Waals surface area contributed by atoms with Gasteiger partial charge in [0.1, 0.15) is 0 Å². The van der Waals surface area contributed by atoms with Crippen molar-refractivity contribution in [2.24, 2.45) is 11.8 Å². The Morgan fingerprint density at radius 2 is 1.30 bits per heavy atom. The van der Waals surface area contributed by atoms with E-state index in [-0.39, 0.29) is 0 Å². The van der Waals surface area contributed by atoms with Gasteiger partial charge in [-0.2, -0.15) is 5.26 Å². The fourth-order valence-corrected chi connectivity index (χ4v) is 6.21. The van der Waals surface area contributed by atoms with Crippen molar-refractivity contribution in [3.05, 3.63) is 35.4 Å². The van der Waals surface area contributed by atoms with Crippen molar-refractivity contribution in [1.82, 2.24) is 0 Å². The molecule has 0 aliphatic heterocycles. The van der Waals surface area contributed by atoms with Crippen LogP contribution >= 0.6 is 0 Å². The molecule has 2 heteroatoms. The van der Waals surface area contributed by atoms with Crippen LogP contribution in [0.4, 0.5) is 0 Å². The summed E-state index contributed by atoms with van der Waals surface area (Å²) in [6.07, 6.45) is 25.4. The highest BCUT2D eigenvalue weighted by molar-refractivity contribution is 5.33. The first-order valence-corrected chi connectivity index (χ1v) is 14.4. The summed E-state index contributed by atoms with van der Waals surface area (Å²) in [6, 6.07) is 10.4. The minimum absolute atomic E-state index is 0.470. The number of nitrogens with zero attached hydrogens (tertiary/aromatic N) is 1. The quantitative estimate of drug-likeness (QED) is 0.264. The summed E-state index contributed by atoms with van der Waals surface area (Å²) in [5, 5.41) is 8.97. The second-order valence-corrected chi connectivity index (χ2v) is 11.0. The summed E-state index contributed by atoms with van der Waals surface area (Å²) < 4.78 is 6.27. The van der Waals surface area contributed by atoms with Crippen molar-refractivity contribution in [3.8, 4) is 6.07 Å². The molecule has 2 fully saturated rings. The third-order valence-corrected chi connectivity index (χ3v) is 8.48. The van der Waals surface area contributed by atoms with E-state index in [2.05, 4.69) is 25.1 Å². The highest BCUT2D eigenvalue weighted by Gasteiger charge is 2.23. The smallest absolute Gasteiger partial charge is 0.0991 e. The third-order valence-electron chi connectivity index (χ3n) is 8.48. The van der Waals surface area contributed by atoms with Gasteiger partial charge in [-0.05, 0) is 74.0 Å². The highest BCUT2D eigenvalue weighted by Crippen LogP contribution is 2.36. The zero-order valence-electron chi connectivity index (χ0n) is 21.4. The van der Waals surface area contributed by atoms with E-state index >= 15 is 0 Å². The first-order valence-electron chi connectivity index (χ1n) is 14.4. The Morgan fingerprint density at radius 3 is 1.91 bits per heavy atom. The molecule has 2 aliphatic carbocycles. The van der Waals surface area contributed by atoms with Crippen LogP contribution in [0, 0.1) is 23.2 Å². The van der Waals surface area contributed by atoms with Gasteiger partial charge in [-0.25, -0.2) is 0 Å². The maximum absolute atomic E-state index is 8.97. The Morgan fingerprint density at radius 1 is 0.727 bits per heavy atom. The number of nitriles is 1. The monoisotopic (exact) mass is 451 g/mol. The van der Waals surface area contributed by atoms with E-state index < -0.39 is 0 Å². The maximum Gasteiger partial charge on any atom is 0.0991 e. The molecule has 33 heavy (non-hydrogen) atoms. The average Bonchev–Trinajstić information content (AvgIpc) is 2.87. The summed E-state index contributed by atoms with van der Waals surface area (Å²) in [7, 11) is 0. The van der Waals surface area contributed by atoms with Crippen LogP contribution in [0.25, 0.3) is 0 Å². The Kier molecular flexibility index (Phi) is 12.4. The Bertz CT molecular complexity index is 659. The molecule has 0 saturated heterocycles. The van der Waals surface area contributed by atoms with Crippen LogP contribution in [-0.2, 0) is 4.74 Å². The number of hydrogen-bond donors (Lipinski definition) is 0. The minimum atomic E-state index is 0.470. The zero-order chi connectivity index (χ0) is 23.1. The van der Waals surface area contributed by atoms with Gasteiger partial charge < -0.3 is 4.74 Å². The Hall–Kier alpha value is -1.33. The van der Waals surface area contributed by atoms with Crippen LogP contribution < -0.4 is 0 Å². The SMILES string of the molecule is CCCCCCCCCC1CCC(CCCOC2CCC(c3ccc(C#N)cc3)CC2)CC1. The van der Waals surface area contributed by atoms with E-state index in [1.807, 2.05) is 12.1 Å². The van der Waals surface area contributed by atoms with Gasteiger partial charge in [-0.1, -0.05) is 96.1 Å². The molecule has 0 heterocycles. The number of ether oxygens (including phenoxy) is 1. The molecule has 3 rings (SSSR count). The predicted molar refractivity (Wildman–Crippen MR) is 139 cm³/mol. The van der Waals surface area contributed by atoms with E-state index in [0.717, 1.165) is 24.0 Å². The van der Waals surface area contributed by atoms with Crippen LogP contribution in [0.3, 0.4) is 0 Å². The lowest BCUT2D eigenvalue weighted by Crippen LogP contribution is -2.21. The molecule has 0 bridgehead atoms. The molecule has 0 unspecified atom stereocenters. The maximum atomic E-state index is 8.97. The average molecular weight is 452 g/mol. The normalized spacial score (nSPS) is 25.6. The zero-order valence-corrected chi connectivity index (χ0v) is 21.4. The van der Waals surface area contributed by atoms with Gasteiger partial charge >= 0.3 is 0 Å². The number of benzene rings is 1. The molecule has 0 atom stereocenters. The van der Waals surface area contributed by atoms with Crippen LogP contribution in [0.5, 0.6) is 0 Å². The van der Waals surface area contributed by atoms with E-state index in [0.29, 0.717) is 12.0 Å². The van der Waals surface area contributed by atoms with Crippen LogP contribution in [-0.4, -0.2) is 12.7 Å². The second kappa shape index (κ2) is 15.5. The van der Waals surface area contributed by atoms with E-state index in [4.69, 9.17) is 10.00 Å². The Balaban J connectivity index is 1.17.